The van der Waals surface area contributed by atoms with Crippen LogP contribution in [0.5, 0.6) is 5.75 Å². The number of hydrogen-bond donors (Lipinski definition) is 1. The summed E-state index contributed by atoms with van der Waals surface area (Å²) in [6.45, 7) is 10.3. The van der Waals surface area contributed by atoms with Crippen LogP contribution in [0.1, 0.15) is 71.8 Å². The van der Waals surface area contributed by atoms with Crippen molar-refractivity contribution >= 4 is 17.9 Å². The van der Waals surface area contributed by atoms with Crippen LogP contribution in [0.15, 0.2) is 30.5 Å². The van der Waals surface area contributed by atoms with Crippen LogP contribution >= 0.6 is 0 Å². The molecular formula is C24H33N3O4. The van der Waals surface area contributed by atoms with Gasteiger partial charge in [-0.25, -0.2) is 9.48 Å². The molecule has 1 aromatic carbocycles. The summed E-state index contributed by atoms with van der Waals surface area (Å²) in [5, 5.41) is 13.8. The first kappa shape index (κ1) is 22.8. The molecule has 1 heterocycles. The van der Waals surface area contributed by atoms with Crippen LogP contribution in [0.2, 0.25) is 0 Å². The maximum absolute atomic E-state index is 13.4. The van der Waals surface area contributed by atoms with Gasteiger partial charge in [-0.15, -0.1) is 5.10 Å². The number of nitrogens with zero attached hydrogens (tertiary/aromatic N) is 3. The Kier molecular flexibility index (Phi) is 7.03. The molecule has 0 spiro atoms. The predicted octanol–water partition coefficient (Wildman–Crippen LogP) is 5.62. The van der Waals surface area contributed by atoms with E-state index in [4.69, 9.17) is 4.74 Å². The molecule has 0 aliphatic heterocycles. The van der Waals surface area contributed by atoms with Gasteiger partial charge in [0, 0.05) is 12.0 Å². The highest BCUT2D eigenvalue weighted by atomic mass is 16.7. The van der Waals surface area contributed by atoms with Gasteiger partial charge in [-0.1, -0.05) is 32.9 Å². The van der Waals surface area contributed by atoms with Gasteiger partial charge in [0.15, 0.2) is 5.75 Å². The van der Waals surface area contributed by atoms with E-state index in [0.29, 0.717) is 11.8 Å². The van der Waals surface area contributed by atoms with Crippen molar-refractivity contribution in [3.8, 4) is 11.4 Å². The number of carbonyl (C=O) groups is 2. The predicted molar refractivity (Wildman–Crippen MR) is 120 cm³/mol. The first-order valence-corrected chi connectivity index (χ1v) is 11.1. The van der Waals surface area contributed by atoms with Gasteiger partial charge in [-0.2, -0.15) is 0 Å². The fourth-order valence-electron chi connectivity index (χ4n) is 4.13. The Balaban J connectivity index is 1.97. The third-order valence-electron chi connectivity index (χ3n) is 6.03. The summed E-state index contributed by atoms with van der Waals surface area (Å²) in [7, 11) is 0. The molecular weight excluding hydrogens is 394 g/mol. The number of ether oxygens (including phenoxy) is 1. The second-order valence-corrected chi connectivity index (χ2v) is 9.13. The van der Waals surface area contributed by atoms with E-state index < -0.39 is 6.16 Å². The minimum atomic E-state index is -1.43. The van der Waals surface area contributed by atoms with Crippen molar-refractivity contribution < 1.29 is 19.4 Å². The number of hydrogen-bond acceptors (Lipinski definition) is 4. The van der Waals surface area contributed by atoms with E-state index in [9.17, 15) is 14.7 Å². The first-order valence-electron chi connectivity index (χ1n) is 11.1. The van der Waals surface area contributed by atoms with E-state index in [2.05, 4.69) is 25.9 Å². The molecule has 0 saturated heterocycles. The Labute approximate surface area is 184 Å². The van der Waals surface area contributed by atoms with Crippen molar-refractivity contribution in [1.29, 1.82) is 0 Å². The summed E-state index contributed by atoms with van der Waals surface area (Å²) in [6, 6.07) is 7.72. The van der Waals surface area contributed by atoms with Crippen LogP contribution in [0.25, 0.3) is 5.69 Å². The average molecular weight is 428 g/mol. The molecule has 1 aliphatic rings. The third kappa shape index (κ3) is 5.27. The number of anilines is 1. The maximum atomic E-state index is 13.4. The average Bonchev–Trinajstić information content (AvgIpc) is 3.11. The largest absolute Gasteiger partial charge is 0.511 e. The zero-order chi connectivity index (χ0) is 22.7. The molecule has 0 bridgehead atoms. The summed E-state index contributed by atoms with van der Waals surface area (Å²) >= 11 is 0. The smallest absolute Gasteiger partial charge is 0.449 e. The standard InChI is InChI=1S/C24H33N3O4/c1-15(2)18-10-12-20(13-11-18)26-14-21(31-24(29)30)22(25-26)27(16(3)4)23(28)19-8-6-17(5)7-9-19/h10-17,19H,6-9H2,1-5H3,(H,29,30)/t17-,19-. The molecule has 3 rings (SSSR count). The molecule has 2 aromatic rings. The fraction of sp³-hybridized carbons (Fsp3) is 0.542. The molecule has 0 radical (unpaired) electrons. The summed E-state index contributed by atoms with van der Waals surface area (Å²) in [6.07, 6.45) is 3.83. The van der Waals surface area contributed by atoms with Gasteiger partial charge in [-0.05, 0) is 69.1 Å². The van der Waals surface area contributed by atoms with E-state index in [1.54, 1.807) is 9.58 Å². The van der Waals surface area contributed by atoms with E-state index in [1.165, 1.54) is 11.8 Å². The van der Waals surface area contributed by atoms with Crippen molar-refractivity contribution in [3.63, 3.8) is 0 Å². The summed E-state index contributed by atoms with van der Waals surface area (Å²) in [4.78, 5) is 26.3. The summed E-state index contributed by atoms with van der Waals surface area (Å²) in [5.41, 5.74) is 1.97. The molecule has 0 unspecified atom stereocenters. The molecule has 7 heteroatoms. The van der Waals surface area contributed by atoms with E-state index in [1.807, 2.05) is 38.1 Å². The third-order valence-corrected chi connectivity index (χ3v) is 6.03. The van der Waals surface area contributed by atoms with Gasteiger partial charge >= 0.3 is 6.16 Å². The Hall–Kier alpha value is -2.83. The van der Waals surface area contributed by atoms with E-state index >= 15 is 0 Å². The Morgan fingerprint density at radius 3 is 2.23 bits per heavy atom. The summed E-state index contributed by atoms with van der Waals surface area (Å²) in [5.74, 6) is 1.25. The van der Waals surface area contributed by atoms with Crippen LogP contribution in [-0.4, -0.2) is 33.0 Å². The monoisotopic (exact) mass is 427 g/mol. The van der Waals surface area contributed by atoms with Crippen LogP contribution in [0.3, 0.4) is 0 Å². The van der Waals surface area contributed by atoms with Gasteiger partial charge < -0.3 is 9.84 Å². The molecule has 1 aromatic heterocycles. The van der Waals surface area contributed by atoms with Crippen molar-refractivity contribution in [2.75, 3.05) is 4.90 Å². The maximum Gasteiger partial charge on any atom is 0.511 e. The first-order chi connectivity index (χ1) is 14.7. The second kappa shape index (κ2) is 9.54. The van der Waals surface area contributed by atoms with Gasteiger partial charge in [0.2, 0.25) is 11.7 Å². The lowest BCUT2D eigenvalue weighted by atomic mass is 9.82. The van der Waals surface area contributed by atoms with Crippen molar-refractivity contribution in [2.45, 2.75) is 72.3 Å². The van der Waals surface area contributed by atoms with E-state index in [0.717, 1.165) is 31.4 Å². The molecule has 1 N–H and O–H groups in total. The number of carbonyl (C=O) groups excluding carboxylic acids is 1. The Bertz CT molecular complexity index is 909. The van der Waals surface area contributed by atoms with Crippen LogP contribution in [0, 0.1) is 11.8 Å². The van der Waals surface area contributed by atoms with Crippen LogP contribution < -0.4 is 9.64 Å². The minimum absolute atomic E-state index is 0.0162. The molecule has 168 valence electrons. The number of carboxylic acid groups (broad SMARTS) is 1. The zero-order valence-corrected chi connectivity index (χ0v) is 19.0. The molecule has 1 fully saturated rings. The van der Waals surface area contributed by atoms with Gasteiger partial charge in [0.05, 0.1) is 11.9 Å². The Morgan fingerprint density at radius 1 is 1.10 bits per heavy atom. The minimum Gasteiger partial charge on any atom is -0.449 e. The number of benzene rings is 1. The lowest BCUT2D eigenvalue weighted by molar-refractivity contribution is -0.124. The zero-order valence-electron chi connectivity index (χ0n) is 19.0. The number of rotatable bonds is 6. The topological polar surface area (TPSA) is 84.7 Å². The lowest BCUT2D eigenvalue weighted by Crippen LogP contribution is -2.42. The molecule has 1 saturated carbocycles. The molecule has 31 heavy (non-hydrogen) atoms. The van der Waals surface area contributed by atoms with Crippen molar-refractivity contribution in [3.05, 3.63) is 36.0 Å². The summed E-state index contributed by atoms with van der Waals surface area (Å²) < 4.78 is 6.61. The van der Waals surface area contributed by atoms with Gasteiger partial charge in [0.25, 0.3) is 0 Å². The highest BCUT2D eigenvalue weighted by Gasteiger charge is 2.34. The van der Waals surface area contributed by atoms with Crippen molar-refractivity contribution in [2.24, 2.45) is 11.8 Å². The normalized spacial score (nSPS) is 18.9. The lowest BCUT2D eigenvalue weighted by Gasteiger charge is -2.32. The van der Waals surface area contributed by atoms with Gasteiger partial charge in [-0.3, -0.25) is 9.69 Å². The Morgan fingerprint density at radius 2 is 1.71 bits per heavy atom. The number of aromatic nitrogens is 2. The fourth-order valence-corrected chi connectivity index (χ4v) is 4.13. The highest BCUT2D eigenvalue weighted by Crippen LogP contribution is 2.35. The van der Waals surface area contributed by atoms with Gasteiger partial charge in [0.1, 0.15) is 0 Å². The van der Waals surface area contributed by atoms with Crippen LogP contribution in [-0.2, 0) is 4.79 Å². The number of amides is 1. The molecule has 7 nitrogen and oxygen atoms in total. The molecule has 1 aliphatic carbocycles. The SMILES string of the molecule is CC(C)c1ccc(-n2cc(OC(=O)O)c(N(C(=O)[C@H]3CC[C@H](C)CC3)C(C)C)n2)cc1. The van der Waals surface area contributed by atoms with Crippen molar-refractivity contribution in [1.82, 2.24) is 9.78 Å². The van der Waals surface area contributed by atoms with Crippen LogP contribution in [0.4, 0.5) is 10.6 Å². The quantitative estimate of drug-likeness (QED) is 0.605. The highest BCUT2D eigenvalue weighted by molar-refractivity contribution is 5.96. The second-order valence-electron chi connectivity index (χ2n) is 9.13. The van der Waals surface area contributed by atoms with E-state index in [-0.39, 0.29) is 29.4 Å². The molecule has 1 amide bonds. The molecule has 0 atom stereocenters.